The van der Waals surface area contributed by atoms with E-state index in [1.807, 2.05) is 37.3 Å². The molecule has 1 saturated heterocycles. The van der Waals surface area contributed by atoms with Crippen molar-refractivity contribution in [1.82, 2.24) is 19.5 Å². The minimum Gasteiger partial charge on any atom is -0.323 e. The maximum absolute atomic E-state index is 12.8. The third-order valence-electron chi connectivity index (χ3n) is 4.99. The zero-order valence-electron chi connectivity index (χ0n) is 15.7. The van der Waals surface area contributed by atoms with Gasteiger partial charge in [0.15, 0.2) is 5.82 Å². The highest BCUT2D eigenvalue weighted by Gasteiger charge is 2.30. The zero-order chi connectivity index (χ0) is 19.6. The van der Waals surface area contributed by atoms with Gasteiger partial charge < -0.3 is 5.32 Å². The Bertz CT molecular complexity index is 1040. The summed E-state index contributed by atoms with van der Waals surface area (Å²) in [6, 6.07) is 16.4. The number of aromatic nitrogens is 3. The van der Waals surface area contributed by atoms with E-state index in [1.54, 1.807) is 28.6 Å². The second-order valence-electron chi connectivity index (χ2n) is 7.00. The fraction of sp³-hybridized carbons (Fsp3) is 0.300. The number of aryl methyl sites for hydroxylation is 1. The second-order valence-corrected chi connectivity index (χ2v) is 8.94. The van der Waals surface area contributed by atoms with E-state index in [0.29, 0.717) is 18.0 Å². The van der Waals surface area contributed by atoms with Crippen LogP contribution in [0.25, 0.3) is 0 Å². The molecule has 2 aromatic heterocycles. The molecule has 28 heavy (non-hydrogen) atoms. The molecule has 1 aliphatic heterocycles. The van der Waals surface area contributed by atoms with Crippen molar-refractivity contribution in [3.05, 3.63) is 66.0 Å². The molecule has 0 atom stereocenters. The third-order valence-corrected chi connectivity index (χ3v) is 6.90. The van der Waals surface area contributed by atoms with Crippen LogP contribution < -0.4 is 5.32 Å². The highest BCUT2D eigenvalue weighted by molar-refractivity contribution is 7.89. The molecule has 4 rings (SSSR count). The number of piperidine rings is 1. The van der Waals surface area contributed by atoms with E-state index >= 15 is 0 Å². The van der Waals surface area contributed by atoms with Gasteiger partial charge in [-0.2, -0.15) is 9.40 Å². The lowest BCUT2D eigenvalue weighted by Gasteiger charge is -2.31. The lowest BCUT2D eigenvalue weighted by Crippen LogP contribution is -2.38. The van der Waals surface area contributed by atoms with Crippen molar-refractivity contribution in [2.75, 3.05) is 18.4 Å². The summed E-state index contributed by atoms with van der Waals surface area (Å²) in [5.41, 5.74) is 1.96. The summed E-state index contributed by atoms with van der Waals surface area (Å²) in [4.78, 5) is 5.07. The van der Waals surface area contributed by atoms with Gasteiger partial charge in [-0.25, -0.2) is 13.4 Å². The lowest BCUT2D eigenvalue weighted by molar-refractivity contribution is 0.317. The smallest absolute Gasteiger partial charge is 0.243 e. The molecule has 0 radical (unpaired) electrons. The van der Waals surface area contributed by atoms with Crippen LogP contribution in [0.1, 0.15) is 30.1 Å². The van der Waals surface area contributed by atoms with E-state index in [-0.39, 0.29) is 5.92 Å². The monoisotopic (exact) mass is 397 g/mol. The predicted octanol–water partition coefficient (Wildman–Crippen LogP) is 3.43. The summed E-state index contributed by atoms with van der Waals surface area (Å²) < 4.78 is 27.1. The van der Waals surface area contributed by atoms with Crippen LogP contribution in [0.2, 0.25) is 0 Å². The van der Waals surface area contributed by atoms with E-state index in [4.69, 9.17) is 4.98 Å². The van der Waals surface area contributed by atoms with Crippen LogP contribution in [0, 0.1) is 6.92 Å². The Labute approximate surface area is 164 Å². The van der Waals surface area contributed by atoms with E-state index in [1.165, 1.54) is 0 Å². The van der Waals surface area contributed by atoms with Gasteiger partial charge in [-0.15, -0.1) is 0 Å². The van der Waals surface area contributed by atoms with Crippen molar-refractivity contribution in [3.8, 4) is 0 Å². The first-order valence-electron chi connectivity index (χ1n) is 9.33. The maximum atomic E-state index is 12.8. The van der Waals surface area contributed by atoms with Gasteiger partial charge in [-0.05, 0) is 44.0 Å². The number of nitrogens with zero attached hydrogens (tertiary/aromatic N) is 3. The Hall–Kier alpha value is -2.71. The van der Waals surface area contributed by atoms with Gasteiger partial charge in [0.25, 0.3) is 0 Å². The molecule has 146 valence electrons. The van der Waals surface area contributed by atoms with Gasteiger partial charge in [0.2, 0.25) is 10.0 Å². The summed E-state index contributed by atoms with van der Waals surface area (Å²) in [6.45, 7) is 2.94. The van der Waals surface area contributed by atoms with Crippen molar-refractivity contribution in [2.45, 2.75) is 30.6 Å². The molecule has 0 aliphatic carbocycles. The number of hydrogen-bond acceptors (Lipinski definition) is 5. The average molecular weight is 398 g/mol. The number of anilines is 2. The van der Waals surface area contributed by atoms with Crippen LogP contribution in [0.4, 0.5) is 11.6 Å². The normalized spacial score (nSPS) is 16.2. The number of aromatic amines is 1. The first-order valence-corrected chi connectivity index (χ1v) is 10.8. The third kappa shape index (κ3) is 3.93. The van der Waals surface area contributed by atoms with Crippen LogP contribution in [0.5, 0.6) is 0 Å². The van der Waals surface area contributed by atoms with Gasteiger partial charge in [-0.3, -0.25) is 5.10 Å². The molecule has 0 unspecified atom stereocenters. The second kappa shape index (κ2) is 7.73. The fourth-order valence-electron chi connectivity index (χ4n) is 3.50. The minimum absolute atomic E-state index is 0.241. The molecular formula is C20H23N5O2S. The highest BCUT2D eigenvalue weighted by atomic mass is 32.2. The van der Waals surface area contributed by atoms with Gasteiger partial charge in [0.1, 0.15) is 5.82 Å². The summed E-state index contributed by atoms with van der Waals surface area (Å²) in [6.07, 6.45) is 1.51. The summed E-state index contributed by atoms with van der Waals surface area (Å²) in [5.74, 6) is 1.71. The van der Waals surface area contributed by atoms with Crippen LogP contribution in [-0.2, 0) is 10.0 Å². The molecule has 3 aromatic rings. The molecule has 8 heteroatoms. The first-order chi connectivity index (χ1) is 13.5. The zero-order valence-corrected chi connectivity index (χ0v) is 16.5. The molecule has 0 spiro atoms. The van der Waals surface area contributed by atoms with E-state index < -0.39 is 10.0 Å². The van der Waals surface area contributed by atoms with E-state index in [0.717, 1.165) is 35.9 Å². The van der Waals surface area contributed by atoms with Crippen LogP contribution >= 0.6 is 0 Å². The van der Waals surface area contributed by atoms with Gasteiger partial charge in [0, 0.05) is 36.5 Å². The molecule has 1 fully saturated rings. The molecule has 7 nitrogen and oxygen atoms in total. The molecule has 3 heterocycles. The Balaban J connectivity index is 1.43. The van der Waals surface area contributed by atoms with E-state index in [2.05, 4.69) is 15.5 Å². The molecular weight excluding hydrogens is 374 g/mol. The Kier molecular flexibility index (Phi) is 5.15. The summed E-state index contributed by atoms with van der Waals surface area (Å²) in [7, 11) is -3.43. The average Bonchev–Trinajstić information content (AvgIpc) is 3.13. The number of sulfonamides is 1. The number of rotatable bonds is 5. The Morgan fingerprint density at radius 1 is 1.04 bits per heavy atom. The van der Waals surface area contributed by atoms with E-state index in [9.17, 15) is 8.42 Å². The SMILES string of the molecule is Cc1cc(Nc2cccc(C3CCN(S(=O)(=O)c4ccccc4)CC3)n2)n[nH]1. The van der Waals surface area contributed by atoms with Crippen molar-refractivity contribution in [3.63, 3.8) is 0 Å². The van der Waals surface area contributed by atoms with Crippen LogP contribution in [-0.4, -0.2) is 41.0 Å². The standard InChI is InChI=1S/C20H23N5O2S/c1-15-14-20(24-23-15)22-19-9-5-8-18(21-19)16-10-12-25(13-11-16)28(26,27)17-6-3-2-4-7-17/h2-9,14,16H,10-13H2,1H3,(H2,21,22,23,24). The largest absolute Gasteiger partial charge is 0.323 e. The van der Waals surface area contributed by atoms with Crippen molar-refractivity contribution in [1.29, 1.82) is 0 Å². The molecule has 1 aliphatic rings. The molecule has 0 bridgehead atoms. The van der Waals surface area contributed by atoms with Gasteiger partial charge >= 0.3 is 0 Å². The minimum atomic E-state index is -3.43. The maximum Gasteiger partial charge on any atom is 0.243 e. The Morgan fingerprint density at radius 3 is 2.46 bits per heavy atom. The quantitative estimate of drug-likeness (QED) is 0.688. The number of benzene rings is 1. The number of pyridine rings is 1. The molecule has 0 amide bonds. The fourth-order valence-corrected chi connectivity index (χ4v) is 4.99. The van der Waals surface area contributed by atoms with Crippen molar-refractivity contribution in [2.24, 2.45) is 0 Å². The molecule has 2 N–H and O–H groups in total. The van der Waals surface area contributed by atoms with Crippen LogP contribution in [0.3, 0.4) is 0 Å². The molecule has 0 saturated carbocycles. The molecule has 1 aromatic carbocycles. The van der Waals surface area contributed by atoms with Crippen LogP contribution in [0.15, 0.2) is 59.5 Å². The highest BCUT2D eigenvalue weighted by Crippen LogP contribution is 2.30. The first kappa shape index (κ1) is 18.6. The summed E-state index contributed by atoms with van der Waals surface area (Å²) in [5, 5.41) is 10.3. The van der Waals surface area contributed by atoms with Gasteiger partial charge in [0.05, 0.1) is 4.90 Å². The number of hydrogen-bond donors (Lipinski definition) is 2. The van der Waals surface area contributed by atoms with Crippen molar-refractivity contribution >= 4 is 21.7 Å². The summed E-state index contributed by atoms with van der Waals surface area (Å²) >= 11 is 0. The Morgan fingerprint density at radius 2 is 1.79 bits per heavy atom. The topological polar surface area (TPSA) is 91.0 Å². The lowest BCUT2D eigenvalue weighted by atomic mass is 9.94. The number of nitrogens with one attached hydrogen (secondary N) is 2. The predicted molar refractivity (Wildman–Crippen MR) is 108 cm³/mol. The van der Waals surface area contributed by atoms with Crippen molar-refractivity contribution < 1.29 is 8.42 Å². The van der Waals surface area contributed by atoms with Gasteiger partial charge in [-0.1, -0.05) is 24.3 Å². The number of H-pyrrole nitrogens is 1.